The molecule has 2 aromatic rings. The number of nitrogens with zero attached hydrogens (tertiary/aromatic N) is 3. The van der Waals surface area contributed by atoms with Gasteiger partial charge in [-0.1, -0.05) is 26.7 Å². The Labute approximate surface area is 290 Å². The molecule has 1 aromatic carbocycles. The van der Waals surface area contributed by atoms with Gasteiger partial charge in [-0.2, -0.15) is 13.2 Å². The van der Waals surface area contributed by atoms with Crippen molar-refractivity contribution in [2.24, 2.45) is 29.1 Å². The number of fused-ring (bicyclic) bond motifs is 4. The Morgan fingerprint density at radius 3 is 2.44 bits per heavy atom. The number of amides is 1. The van der Waals surface area contributed by atoms with Gasteiger partial charge in [0.05, 0.1) is 24.9 Å². The molecule has 4 aliphatic carbocycles. The molecule has 8 rings (SSSR count). The predicted octanol–water partition coefficient (Wildman–Crippen LogP) is 7.44. The zero-order valence-corrected chi connectivity index (χ0v) is 28.9. The average Bonchev–Trinajstić information content (AvgIpc) is 3.66. The van der Waals surface area contributed by atoms with Gasteiger partial charge in [-0.3, -0.25) is 4.79 Å². The van der Waals surface area contributed by atoms with Crippen molar-refractivity contribution in [3.05, 3.63) is 41.2 Å². The summed E-state index contributed by atoms with van der Waals surface area (Å²) in [6.07, 6.45) is 6.82. The van der Waals surface area contributed by atoms with Gasteiger partial charge in [0.25, 0.3) is 5.91 Å². The van der Waals surface area contributed by atoms with Gasteiger partial charge < -0.3 is 24.8 Å². The molecule has 1 aromatic heterocycles. The van der Waals surface area contributed by atoms with Crippen molar-refractivity contribution in [1.29, 1.82) is 0 Å². The minimum Gasteiger partial charge on any atom is -0.490 e. The molecule has 3 heterocycles. The minimum absolute atomic E-state index is 0.118. The van der Waals surface area contributed by atoms with Crippen LogP contribution in [0, 0.1) is 29.1 Å². The van der Waals surface area contributed by atoms with E-state index >= 15 is 0 Å². The number of rotatable bonds is 6. The molecule has 5 fully saturated rings. The lowest BCUT2D eigenvalue weighted by atomic mass is 9.56. The summed E-state index contributed by atoms with van der Waals surface area (Å²) in [6, 6.07) is 5.85. The van der Waals surface area contributed by atoms with Gasteiger partial charge in [0.2, 0.25) is 5.95 Å². The fourth-order valence-electron chi connectivity index (χ4n) is 10.8. The van der Waals surface area contributed by atoms with Crippen molar-refractivity contribution in [3.63, 3.8) is 0 Å². The number of aromatic nitrogens is 2. The standard InChI is InChI=1S/C38H47F3N4O5/c1-22-13-24-15-23(2)37(33(47)48,25(14-22)16-24)44-32(46)28-18-42-34(43-31(28)38(39,40)41)45-19-36(9-3-4-10-36)29-17-27(5-6-30(29)45)50-26-7-11-35(12-8-26)20-49-21-35/h5-6,17-18,22-26H,3-4,7-16,19-21H2,1-2H3,(H,44,46)(H,47,48). The molecule has 2 spiro atoms. The number of halogens is 3. The quantitative estimate of drug-likeness (QED) is 0.321. The number of carboxylic acid groups (broad SMARTS) is 1. The molecule has 1 amide bonds. The monoisotopic (exact) mass is 696 g/mol. The number of aliphatic carboxylic acids is 1. The highest BCUT2D eigenvalue weighted by molar-refractivity contribution is 5.99. The SMILES string of the molecule is CC1CC2CC(C)C(NC(=O)c3cnc(N4CC5(CCCC5)c5cc(OC6CCC7(CC6)COC7)ccc54)nc3C(F)(F)F)(C(=O)O)C(C1)C2. The number of alkyl halides is 3. The van der Waals surface area contributed by atoms with E-state index in [9.17, 15) is 27.9 Å². The predicted molar refractivity (Wildman–Crippen MR) is 178 cm³/mol. The van der Waals surface area contributed by atoms with Gasteiger partial charge in [0.1, 0.15) is 11.3 Å². The molecule has 50 heavy (non-hydrogen) atoms. The summed E-state index contributed by atoms with van der Waals surface area (Å²) >= 11 is 0. The summed E-state index contributed by atoms with van der Waals surface area (Å²) < 4.78 is 56.2. The molecule has 4 saturated carbocycles. The Morgan fingerprint density at radius 2 is 1.78 bits per heavy atom. The van der Waals surface area contributed by atoms with Crippen LogP contribution in [0.25, 0.3) is 0 Å². The Morgan fingerprint density at radius 1 is 1.04 bits per heavy atom. The third-order valence-corrected chi connectivity index (χ3v) is 13.3. The van der Waals surface area contributed by atoms with Gasteiger partial charge >= 0.3 is 12.1 Å². The Bertz CT molecular complexity index is 1660. The van der Waals surface area contributed by atoms with E-state index in [2.05, 4.69) is 28.3 Å². The molecule has 2 aliphatic heterocycles. The van der Waals surface area contributed by atoms with E-state index in [1.165, 1.54) is 0 Å². The first-order valence-corrected chi connectivity index (χ1v) is 18.5. The summed E-state index contributed by atoms with van der Waals surface area (Å²) in [4.78, 5) is 36.8. The molecule has 5 atom stereocenters. The summed E-state index contributed by atoms with van der Waals surface area (Å²) in [6.45, 7) is 5.95. The summed E-state index contributed by atoms with van der Waals surface area (Å²) in [5, 5.41) is 13.1. The van der Waals surface area contributed by atoms with Crippen molar-refractivity contribution < 1.29 is 37.3 Å². The molecule has 0 radical (unpaired) electrons. The van der Waals surface area contributed by atoms with Crippen LogP contribution in [0.1, 0.15) is 113 Å². The van der Waals surface area contributed by atoms with Gasteiger partial charge in [-0.05, 0) is 112 Å². The van der Waals surface area contributed by atoms with Gasteiger partial charge in [0, 0.05) is 29.3 Å². The fraction of sp³-hybridized carbons (Fsp3) is 0.684. The minimum atomic E-state index is -4.97. The number of carboxylic acids is 1. The van der Waals surface area contributed by atoms with Gasteiger partial charge in [0.15, 0.2) is 5.69 Å². The van der Waals surface area contributed by atoms with Gasteiger partial charge in [-0.15, -0.1) is 0 Å². The van der Waals surface area contributed by atoms with E-state index in [0.717, 1.165) is 94.2 Å². The number of ether oxygens (including phenoxy) is 2. The summed E-state index contributed by atoms with van der Waals surface area (Å²) in [7, 11) is 0. The van der Waals surface area contributed by atoms with Crippen LogP contribution in [-0.4, -0.2) is 58.4 Å². The highest BCUT2D eigenvalue weighted by Gasteiger charge is 2.57. The van der Waals surface area contributed by atoms with E-state index in [0.29, 0.717) is 37.1 Å². The number of carbonyl (C=O) groups is 2. The van der Waals surface area contributed by atoms with Crippen molar-refractivity contribution in [3.8, 4) is 5.75 Å². The first-order chi connectivity index (χ1) is 23.8. The molecule has 6 aliphatic rings. The van der Waals surface area contributed by atoms with Crippen LogP contribution < -0.4 is 15.0 Å². The molecule has 270 valence electrons. The maximum atomic E-state index is 14.8. The number of hydrogen-bond donors (Lipinski definition) is 2. The third-order valence-electron chi connectivity index (χ3n) is 13.3. The van der Waals surface area contributed by atoms with E-state index < -0.39 is 40.8 Å². The lowest BCUT2D eigenvalue weighted by Crippen LogP contribution is -2.66. The Kier molecular flexibility index (Phi) is 8.15. The highest BCUT2D eigenvalue weighted by Crippen LogP contribution is 2.54. The summed E-state index contributed by atoms with van der Waals surface area (Å²) in [5.74, 6) is -1.88. The van der Waals surface area contributed by atoms with E-state index in [1.54, 1.807) is 11.8 Å². The first-order valence-electron chi connectivity index (χ1n) is 18.5. The maximum absolute atomic E-state index is 14.8. The van der Waals surface area contributed by atoms with E-state index in [-0.39, 0.29) is 29.3 Å². The van der Waals surface area contributed by atoms with Crippen molar-refractivity contribution in [2.75, 3.05) is 24.7 Å². The van der Waals surface area contributed by atoms with E-state index in [4.69, 9.17) is 9.47 Å². The van der Waals surface area contributed by atoms with Crippen molar-refractivity contribution >= 4 is 23.5 Å². The Hall–Kier alpha value is -3.41. The third kappa shape index (κ3) is 5.55. The van der Waals surface area contributed by atoms with Crippen LogP contribution in [0.5, 0.6) is 5.75 Å². The molecule has 9 nitrogen and oxygen atoms in total. The van der Waals surface area contributed by atoms with Crippen LogP contribution in [0.3, 0.4) is 0 Å². The number of benzene rings is 1. The van der Waals surface area contributed by atoms with E-state index in [1.807, 2.05) is 12.1 Å². The number of carbonyl (C=O) groups excluding carboxylic acids is 1. The zero-order chi connectivity index (χ0) is 35.1. The smallest absolute Gasteiger partial charge is 0.434 e. The lowest BCUT2D eigenvalue weighted by molar-refractivity contribution is -0.155. The van der Waals surface area contributed by atoms with Crippen molar-refractivity contribution in [2.45, 2.75) is 114 Å². The Balaban J connectivity index is 1.08. The molecule has 1 saturated heterocycles. The molecular formula is C38H47F3N4O5. The second-order valence-electron chi connectivity index (χ2n) is 16.6. The van der Waals surface area contributed by atoms with Crippen LogP contribution in [0.4, 0.5) is 24.8 Å². The number of hydrogen-bond acceptors (Lipinski definition) is 7. The van der Waals surface area contributed by atoms with Crippen LogP contribution >= 0.6 is 0 Å². The van der Waals surface area contributed by atoms with Gasteiger partial charge in [-0.25, -0.2) is 14.8 Å². The lowest BCUT2D eigenvalue weighted by Gasteiger charge is -2.52. The van der Waals surface area contributed by atoms with Crippen LogP contribution in [0.15, 0.2) is 24.4 Å². The zero-order valence-electron chi connectivity index (χ0n) is 28.9. The average molecular weight is 697 g/mol. The molecule has 2 N–H and O–H groups in total. The highest BCUT2D eigenvalue weighted by atomic mass is 19.4. The topological polar surface area (TPSA) is 114 Å². The normalized spacial score (nSPS) is 31.3. The first kappa shape index (κ1) is 33.7. The number of nitrogens with one attached hydrogen (secondary N) is 1. The second kappa shape index (κ2) is 12.1. The molecule has 5 unspecified atom stereocenters. The number of anilines is 2. The molecular weight excluding hydrogens is 649 g/mol. The molecule has 2 bridgehead atoms. The van der Waals surface area contributed by atoms with Crippen LogP contribution in [-0.2, 0) is 21.1 Å². The summed E-state index contributed by atoms with van der Waals surface area (Å²) in [5.41, 5.74) is -1.94. The second-order valence-corrected chi connectivity index (χ2v) is 16.6. The van der Waals surface area contributed by atoms with Crippen molar-refractivity contribution in [1.82, 2.24) is 15.3 Å². The van der Waals surface area contributed by atoms with Crippen LogP contribution in [0.2, 0.25) is 0 Å². The fourth-order valence-corrected chi connectivity index (χ4v) is 10.8. The largest absolute Gasteiger partial charge is 0.490 e. The molecule has 12 heteroatoms. The maximum Gasteiger partial charge on any atom is 0.434 e.